The lowest BCUT2D eigenvalue weighted by Crippen LogP contribution is -2.16. The number of ether oxygens (including phenoxy) is 4. The van der Waals surface area contributed by atoms with E-state index in [1.165, 1.54) is 6.26 Å². The maximum atomic E-state index is 12.8. The highest BCUT2D eigenvalue weighted by atomic mass is 16.7. The molecule has 0 aromatic rings. The Morgan fingerprint density at radius 3 is 2.45 bits per heavy atom. The van der Waals surface area contributed by atoms with Crippen molar-refractivity contribution in [3.8, 4) is 0 Å². The molecule has 0 aliphatic rings. The molecule has 0 fully saturated rings. The van der Waals surface area contributed by atoms with Crippen molar-refractivity contribution in [2.45, 2.75) is 46.8 Å². The molecule has 0 aliphatic heterocycles. The molecule has 172 valence electrons. The number of Topliss-reactive ketones (excluding diaryl/α,β-unsaturated/α-hetero) is 1. The fraction of sp³-hybridized carbons (Fsp3) is 0.440. The van der Waals surface area contributed by atoms with Gasteiger partial charge in [0, 0.05) is 11.6 Å². The molecule has 1 atom stereocenters. The van der Waals surface area contributed by atoms with Gasteiger partial charge in [-0.3, -0.25) is 4.79 Å². The van der Waals surface area contributed by atoms with Crippen LogP contribution in [0.4, 0.5) is 0 Å². The van der Waals surface area contributed by atoms with E-state index >= 15 is 0 Å². The first-order valence-electron chi connectivity index (χ1n) is 10.5. The lowest BCUT2D eigenvalue weighted by Gasteiger charge is -2.12. The molecule has 1 unspecified atom stereocenters. The van der Waals surface area contributed by atoms with Crippen molar-refractivity contribution >= 4 is 11.8 Å². The summed E-state index contributed by atoms with van der Waals surface area (Å²) in [7, 11) is 0. The number of rotatable bonds is 17. The summed E-state index contributed by atoms with van der Waals surface area (Å²) in [5.74, 6) is -0.472. The van der Waals surface area contributed by atoms with E-state index in [1.54, 1.807) is 25.2 Å². The smallest absolute Gasteiger partial charge is 0.330 e. The summed E-state index contributed by atoms with van der Waals surface area (Å²) in [5.41, 5.74) is 1.36. The Hall–Kier alpha value is -2.70. The Balaban J connectivity index is 4.46. The summed E-state index contributed by atoms with van der Waals surface area (Å²) >= 11 is 0. The first-order chi connectivity index (χ1) is 15.0. The van der Waals surface area contributed by atoms with Crippen molar-refractivity contribution in [1.82, 2.24) is 0 Å². The maximum absolute atomic E-state index is 12.8. The minimum atomic E-state index is -0.475. The first-order valence-corrected chi connectivity index (χ1v) is 10.5. The molecule has 0 N–H and O–H groups in total. The molecule has 0 spiro atoms. The maximum Gasteiger partial charge on any atom is 0.330 e. The predicted molar refractivity (Wildman–Crippen MR) is 123 cm³/mol. The molecule has 0 aliphatic carbocycles. The summed E-state index contributed by atoms with van der Waals surface area (Å²) in [4.78, 5) is 23.7. The highest BCUT2D eigenvalue weighted by Gasteiger charge is 2.11. The largest absolute Gasteiger partial charge is 0.473 e. The van der Waals surface area contributed by atoms with Gasteiger partial charge in [0.1, 0.15) is 6.61 Å². The Morgan fingerprint density at radius 2 is 1.81 bits per heavy atom. The zero-order valence-corrected chi connectivity index (χ0v) is 19.2. The van der Waals surface area contributed by atoms with Crippen LogP contribution in [0.3, 0.4) is 0 Å². The second-order valence-electron chi connectivity index (χ2n) is 6.25. The fourth-order valence-electron chi connectivity index (χ4n) is 2.31. The van der Waals surface area contributed by atoms with Crippen LogP contribution < -0.4 is 0 Å². The molecule has 0 radical (unpaired) electrons. The molecule has 0 heterocycles. The van der Waals surface area contributed by atoms with Crippen LogP contribution in [0.1, 0.15) is 40.5 Å². The van der Waals surface area contributed by atoms with Crippen LogP contribution in [0.25, 0.3) is 0 Å². The second-order valence-corrected chi connectivity index (χ2v) is 6.25. The van der Waals surface area contributed by atoms with Crippen molar-refractivity contribution in [1.29, 1.82) is 0 Å². The SMILES string of the molecule is C=CC(=O)OCCOCCOC(C)O/C=C/C=C(\C=C/C)C(=O)/C(=C/CC)C/C=C\C. The van der Waals surface area contributed by atoms with E-state index in [-0.39, 0.29) is 19.0 Å². The number of carbonyl (C=O) groups excluding carboxylic acids is 2. The molecule has 0 saturated carbocycles. The average molecular weight is 433 g/mol. The van der Waals surface area contributed by atoms with E-state index in [0.717, 1.165) is 18.1 Å². The Labute approximate surface area is 186 Å². The first kappa shape index (κ1) is 28.3. The molecule has 0 saturated heterocycles. The lowest BCUT2D eigenvalue weighted by molar-refractivity contribution is -0.140. The molecule has 0 aromatic heterocycles. The van der Waals surface area contributed by atoms with Gasteiger partial charge in [-0.1, -0.05) is 43.9 Å². The fourth-order valence-corrected chi connectivity index (χ4v) is 2.31. The van der Waals surface area contributed by atoms with Crippen molar-refractivity contribution in [2.75, 3.05) is 26.4 Å². The summed E-state index contributed by atoms with van der Waals surface area (Å²) in [6.45, 7) is 12.0. The van der Waals surface area contributed by atoms with Gasteiger partial charge >= 0.3 is 5.97 Å². The van der Waals surface area contributed by atoms with Gasteiger partial charge in [0.2, 0.25) is 0 Å². The number of ketones is 1. The number of esters is 1. The number of hydrogen-bond acceptors (Lipinski definition) is 6. The molecular formula is C25H36O6. The zero-order chi connectivity index (χ0) is 23.3. The van der Waals surface area contributed by atoms with E-state index in [2.05, 4.69) is 6.58 Å². The summed E-state index contributed by atoms with van der Waals surface area (Å²) < 4.78 is 21.0. The molecule has 6 heteroatoms. The molecule has 0 amide bonds. The topological polar surface area (TPSA) is 71.1 Å². The third-order valence-corrected chi connectivity index (χ3v) is 3.77. The van der Waals surface area contributed by atoms with Crippen LogP contribution in [0.15, 0.2) is 72.6 Å². The van der Waals surface area contributed by atoms with Crippen molar-refractivity contribution in [2.24, 2.45) is 0 Å². The van der Waals surface area contributed by atoms with Gasteiger partial charge in [-0.05, 0) is 51.3 Å². The van der Waals surface area contributed by atoms with E-state index in [4.69, 9.17) is 18.9 Å². The molecule has 0 rings (SSSR count). The summed E-state index contributed by atoms with van der Waals surface area (Å²) in [6.07, 6.45) is 16.4. The van der Waals surface area contributed by atoms with Crippen LogP contribution in [0, 0.1) is 0 Å². The van der Waals surface area contributed by atoms with Gasteiger partial charge in [-0.25, -0.2) is 4.79 Å². The van der Waals surface area contributed by atoms with Gasteiger partial charge < -0.3 is 18.9 Å². The number of carbonyl (C=O) groups is 2. The standard InChI is InChI=1S/C25H36O6/c1-6-10-14-22(12-7-2)25(27)23(13-8-3)15-11-16-29-21(5)30-19-17-28-18-20-31-24(26)9-4/h6,8-13,15-16,21H,4,7,14,17-20H2,1-3,5H3/b10-6-,13-8-,16-11+,22-12+,23-15+. The third-order valence-electron chi connectivity index (χ3n) is 3.77. The van der Waals surface area contributed by atoms with Gasteiger partial charge in [0.05, 0.1) is 26.1 Å². The van der Waals surface area contributed by atoms with Gasteiger partial charge in [0.25, 0.3) is 0 Å². The number of allylic oxidation sites excluding steroid dienone is 9. The Kier molecular flexibility index (Phi) is 17.6. The quantitative estimate of drug-likeness (QED) is 0.0613. The van der Waals surface area contributed by atoms with Crippen LogP contribution in [0.2, 0.25) is 0 Å². The highest BCUT2D eigenvalue weighted by Crippen LogP contribution is 2.14. The average Bonchev–Trinajstić information content (AvgIpc) is 2.77. The minimum absolute atomic E-state index is 0.00270. The minimum Gasteiger partial charge on any atom is -0.473 e. The van der Waals surface area contributed by atoms with E-state index in [1.807, 2.05) is 45.1 Å². The monoisotopic (exact) mass is 432 g/mol. The van der Waals surface area contributed by atoms with Crippen LogP contribution in [0.5, 0.6) is 0 Å². The lowest BCUT2D eigenvalue weighted by atomic mass is 9.98. The van der Waals surface area contributed by atoms with Gasteiger partial charge in [0.15, 0.2) is 12.1 Å². The van der Waals surface area contributed by atoms with Crippen LogP contribution in [-0.2, 0) is 28.5 Å². The van der Waals surface area contributed by atoms with Crippen LogP contribution >= 0.6 is 0 Å². The second kappa shape index (κ2) is 19.3. The molecule has 31 heavy (non-hydrogen) atoms. The van der Waals surface area contributed by atoms with Crippen molar-refractivity contribution in [3.63, 3.8) is 0 Å². The highest BCUT2D eigenvalue weighted by molar-refractivity contribution is 6.10. The van der Waals surface area contributed by atoms with E-state index in [9.17, 15) is 9.59 Å². The number of hydrogen-bond donors (Lipinski definition) is 0. The van der Waals surface area contributed by atoms with Crippen molar-refractivity contribution in [3.05, 3.63) is 72.6 Å². The van der Waals surface area contributed by atoms with Gasteiger partial charge in [-0.15, -0.1) is 0 Å². The van der Waals surface area contributed by atoms with E-state index < -0.39 is 12.3 Å². The zero-order valence-electron chi connectivity index (χ0n) is 19.2. The Morgan fingerprint density at radius 1 is 1.06 bits per heavy atom. The summed E-state index contributed by atoms with van der Waals surface area (Å²) in [6, 6.07) is 0. The molecule has 6 nitrogen and oxygen atoms in total. The molecule has 0 aromatic carbocycles. The van der Waals surface area contributed by atoms with Crippen LogP contribution in [-0.4, -0.2) is 44.5 Å². The van der Waals surface area contributed by atoms with Crippen molar-refractivity contribution < 1.29 is 28.5 Å². The normalized spacial score (nSPS) is 13.8. The molecule has 0 bridgehead atoms. The third kappa shape index (κ3) is 14.9. The van der Waals surface area contributed by atoms with E-state index in [0.29, 0.717) is 25.2 Å². The summed E-state index contributed by atoms with van der Waals surface area (Å²) in [5, 5.41) is 0. The Bertz CT molecular complexity index is 682. The predicted octanol–water partition coefficient (Wildman–Crippen LogP) is 5.00. The van der Waals surface area contributed by atoms with Gasteiger partial charge in [-0.2, -0.15) is 0 Å². The molecular weight excluding hydrogens is 396 g/mol.